The van der Waals surface area contributed by atoms with Crippen LogP contribution in [0.4, 0.5) is 21.5 Å². The summed E-state index contributed by atoms with van der Waals surface area (Å²) in [5, 5.41) is 2.77. The lowest BCUT2D eigenvalue weighted by Gasteiger charge is -2.35. The molecule has 0 saturated carbocycles. The largest absolute Gasteiger partial charge is 0.451 e. The maximum Gasteiger partial charge on any atom is 0.216 e. The minimum atomic E-state index is -0.400. The van der Waals surface area contributed by atoms with Crippen molar-refractivity contribution in [2.45, 2.75) is 59.9 Å². The van der Waals surface area contributed by atoms with E-state index in [1.807, 2.05) is 54.1 Å². The average molecular weight is 554 g/mol. The Labute approximate surface area is 237 Å². The van der Waals surface area contributed by atoms with E-state index in [4.69, 9.17) is 10.5 Å². The molecule has 2 aromatic rings. The number of hydrogen-bond acceptors (Lipinski definition) is 7. The number of hydrogen-bond donors (Lipinski definition) is 2. The molecule has 2 aliphatic heterocycles. The fourth-order valence-corrected chi connectivity index (χ4v) is 4.82. The molecule has 0 fully saturated rings. The number of amides is 1. The Hall–Kier alpha value is -3.43. The van der Waals surface area contributed by atoms with Crippen LogP contribution in [0.2, 0.25) is 0 Å². The molecule has 0 spiro atoms. The van der Waals surface area contributed by atoms with Gasteiger partial charge in [0, 0.05) is 57.3 Å². The van der Waals surface area contributed by atoms with Gasteiger partial charge in [-0.05, 0) is 64.5 Å². The van der Waals surface area contributed by atoms with Crippen molar-refractivity contribution in [3.05, 3.63) is 53.5 Å². The van der Waals surface area contributed by atoms with Gasteiger partial charge in [-0.2, -0.15) is 0 Å². The summed E-state index contributed by atoms with van der Waals surface area (Å²) < 4.78 is 21.5. The molecule has 0 radical (unpaired) electrons. The zero-order valence-electron chi connectivity index (χ0n) is 24.7. The fraction of sp³-hybridized carbons (Fsp3) is 0.484. The number of ether oxygens (including phenoxy) is 1. The third kappa shape index (κ3) is 7.61. The van der Waals surface area contributed by atoms with Gasteiger partial charge in [0.15, 0.2) is 23.1 Å². The summed E-state index contributed by atoms with van der Waals surface area (Å²) >= 11 is 0. The van der Waals surface area contributed by atoms with E-state index in [2.05, 4.69) is 24.2 Å². The van der Waals surface area contributed by atoms with Crippen LogP contribution in [0.3, 0.4) is 0 Å². The van der Waals surface area contributed by atoms with Gasteiger partial charge in [0.25, 0.3) is 0 Å². The lowest BCUT2D eigenvalue weighted by Crippen LogP contribution is -2.36. The van der Waals surface area contributed by atoms with E-state index in [1.54, 1.807) is 13.8 Å². The third-order valence-corrected chi connectivity index (χ3v) is 6.92. The van der Waals surface area contributed by atoms with Crippen molar-refractivity contribution < 1.29 is 18.7 Å². The minimum absolute atomic E-state index is 0.0239. The Morgan fingerprint density at radius 2 is 1.98 bits per heavy atom. The number of anilines is 3. The first kappa shape index (κ1) is 31.1. The van der Waals surface area contributed by atoms with E-state index in [0.717, 1.165) is 31.0 Å². The number of rotatable bonds is 10. The molecule has 9 heteroatoms. The van der Waals surface area contributed by atoms with Crippen LogP contribution in [0.1, 0.15) is 53.0 Å². The van der Waals surface area contributed by atoms with Crippen molar-refractivity contribution in [2.24, 2.45) is 5.73 Å². The van der Waals surface area contributed by atoms with Crippen molar-refractivity contribution in [3.8, 4) is 11.5 Å². The number of fused-ring (bicyclic) bond motifs is 2. The second-order valence-electron chi connectivity index (χ2n) is 10.6. The van der Waals surface area contributed by atoms with Crippen LogP contribution < -0.4 is 25.6 Å². The monoisotopic (exact) mass is 553 g/mol. The number of nitrogens with one attached hydrogen (secondary N) is 1. The van der Waals surface area contributed by atoms with Crippen LogP contribution in [-0.4, -0.2) is 62.4 Å². The van der Waals surface area contributed by atoms with Crippen molar-refractivity contribution in [1.82, 2.24) is 10.2 Å². The third-order valence-electron chi connectivity index (χ3n) is 6.92. The Morgan fingerprint density at radius 3 is 2.62 bits per heavy atom. The smallest absolute Gasteiger partial charge is 0.216 e. The first-order valence-corrected chi connectivity index (χ1v) is 14.1. The number of likely N-dealkylation sites (N-methyl/N-ethyl adjacent to an activating group) is 2. The zero-order valence-corrected chi connectivity index (χ0v) is 24.7. The Morgan fingerprint density at radius 1 is 1.25 bits per heavy atom. The molecule has 218 valence electrons. The number of nitrogens with zero attached hydrogens (tertiary/aromatic N) is 3. The molecule has 0 bridgehead atoms. The molecule has 40 heavy (non-hydrogen) atoms. The number of carbonyl (C=O) groups is 2. The van der Waals surface area contributed by atoms with E-state index in [0.29, 0.717) is 41.4 Å². The van der Waals surface area contributed by atoms with Crippen molar-refractivity contribution >= 4 is 28.8 Å². The molecular formula is C31H44FN5O3. The second kappa shape index (κ2) is 14.3. The van der Waals surface area contributed by atoms with Crippen LogP contribution in [0, 0.1) is 5.82 Å². The van der Waals surface area contributed by atoms with Gasteiger partial charge < -0.3 is 30.5 Å². The summed E-state index contributed by atoms with van der Waals surface area (Å²) in [6.07, 6.45) is 4.42. The molecule has 0 saturated heterocycles. The van der Waals surface area contributed by atoms with Crippen molar-refractivity contribution in [3.63, 3.8) is 0 Å². The first-order chi connectivity index (χ1) is 19.1. The predicted molar refractivity (Wildman–Crippen MR) is 160 cm³/mol. The normalized spacial score (nSPS) is 14.2. The topological polar surface area (TPSA) is 91.1 Å². The van der Waals surface area contributed by atoms with Gasteiger partial charge in [-0.15, -0.1) is 0 Å². The second-order valence-corrected chi connectivity index (χ2v) is 10.6. The molecule has 2 heterocycles. The van der Waals surface area contributed by atoms with Crippen LogP contribution in [0.15, 0.2) is 42.1 Å². The molecule has 1 atom stereocenters. The number of ketones is 1. The molecule has 2 aliphatic rings. The van der Waals surface area contributed by atoms with Gasteiger partial charge in [0.05, 0.1) is 11.4 Å². The molecule has 1 unspecified atom stereocenters. The fourth-order valence-electron chi connectivity index (χ4n) is 4.82. The lowest BCUT2D eigenvalue weighted by molar-refractivity contribution is -0.119. The van der Waals surface area contributed by atoms with E-state index >= 15 is 4.39 Å². The number of halogens is 1. The summed E-state index contributed by atoms with van der Waals surface area (Å²) in [5.74, 6) is 0.698. The molecule has 3 N–H and O–H groups in total. The number of nitrogens with two attached hydrogens (primary N) is 1. The number of allylic oxidation sites excluding steroid dienone is 1. The Kier molecular flexibility index (Phi) is 11.1. The van der Waals surface area contributed by atoms with E-state index in [9.17, 15) is 9.59 Å². The number of para-hydroxylation sites is 2. The average Bonchev–Trinajstić information content (AvgIpc) is 3.02. The number of carbonyl (C=O) groups excluding carboxylic acids is 2. The van der Waals surface area contributed by atoms with Gasteiger partial charge in [0.2, 0.25) is 5.91 Å². The van der Waals surface area contributed by atoms with Crippen LogP contribution in [0.25, 0.3) is 0 Å². The van der Waals surface area contributed by atoms with E-state index in [-0.39, 0.29) is 24.2 Å². The van der Waals surface area contributed by atoms with Crippen LogP contribution in [0.5, 0.6) is 11.5 Å². The maximum atomic E-state index is 15.3. The summed E-state index contributed by atoms with van der Waals surface area (Å²) in [6, 6.07) is 8.92. The summed E-state index contributed by atoms with van der Waals surface area (Å²) in [4.78, 5) is 29.1. The highest BCUT2D eigenvalue weighted by molar-refractivity contribution is 6.02. The molecular weight excluding hydrogens is 509 g/mol. The van der Waals surface area contributed by atoms with Crippen LogP contribution in [-0.2, 0) is 16.0 Å². The molecule has 0 aliphatic carbocycles. The number of Topliss-reactive ketones (excluding diaryl/α,β-unsaturated/α-hetero) is 1. The van der Waals surface area contributed by atoms with Crippen molar-refractivity contribution in [1.29, 1.82) is 0 Å². The highest BCUT2D eigenvalue weighted by Gasteiger charge is 2.34. The van der Waals surface area contributed by atoms with E-state index < -0.39 is 5.82 Å². The highest BCUT2D eigenvalue weighted by atomic mass is 19.1. The molecule has 8 nitrogen and oxygen atoms in total. The van der Waals surface area contributed by atoms with Crippen molar-refractivity contribution in [2.75, 3.05) is 49.6 Å². The first-order valence-electron chi connectivity index (χ1n) is 14.1. The van der Waals surface area contributed by atoms with Gasteiger partial charge in [-0.1, -0.05) is 25.5 Å². The highest BCUT2D eigenvalue weighted by Crippen LogP contribution is 2.54. The predicted octanol–water partition coefficient (Wildman–Crippen LogP) is 5.13. The van der Waals surface area contributed by atoms with Gasteiger partial charge >= 0.3 is 0 Å². The molecule has 1 amide bonds. The van der Waals surface area contributed by atoms with Crippen LogP contribution >= 0.6 is 0 Å². The number of benzene rings is 2. The lowest BCUT2D eigenvalue weighted by atomic mass is 10.0. The SMILES string of the molecule is CCCCN(C)CCNC(C)=O.CCN(CC(C)N)c1c(F)cc2c3c1Oc1ccccc1N3C=C(C)C(=O)C2. The zero-order chi connectivity index (χ0) is 29.4. The maximum absolute atomic E-state index is 15.3. The summed E-state index contributed by atoms with van der Waals surface area (Å²) in [5.41, 5.74) is 9.19. The Bertz CT molecular complexity index is 1230. The van der Waals surface area contributed by atoms with Gasteiger partial charge in [-0.3, -0.25) is 9.59 Å². The minimum Gasteiger partial charge on any atom is -0.451 e. The van der Waals surface area contributed by atoms with Gasteiger partial charge in [-0.25, -0.2) is 4.39 Å². The van der Waals surface area contributed by atoms with E-state index in [1.165, 1.54) is 18.9 Å². The quantitative estimate of drug-likeness (QED) is 0.422. The summed E-state index contributed by atoms with van der Waals surface area (Å²) in [6.45, 7) is 13.3. The summed E-state index contributed by atoms with van der Waals surface area (Å²) in [7, 11) is 2.08. The molecule has 0 aromatic heterocycles. The molecule has 2 aromatic carbocycles. The van der Waals surface area contributed by atoms with Gasteiger partial charge in [0.1, 0.15) is 5.69 Å². The standard InChI is InChI=1S/C22H24FN3O2.C9H20N2O/c1-4-25(12-14(3)24)21-16(23)9-15-10-18(27)13(2)11-26-17-7-5-6-8-19(17)28-22(21)20(15)26;1-4-5-7-11(3)8-6-10-9(2)12/h5-9,11,14H,4,10,12,24H2,1-3H3;4-8H2,1-3H3,(H,10,12). The number of unbranched alkanes of at least 4 members (excludes halogenated alkanes) is 1. The Balaban J connectivity index is 0.000000312. The molecule has 4 rings (SSSR count).